The first kappa shape index (κ1) is 14.5. The van der Waals surface area contributed by atoms with Gasteiger partial charge in [0.1, 0.15) is 0 Å². The first-order valence-electron chi connectivity index (χ1n) is 5.74. The third-order valence-electron chi connectivity index (χ3n) is 3.02. The maximum atomic E-state index is 12.2. The van der Waals surface area contributed by atoms with Gasteiger partial charge in [-0.25, -0.2) is 0 Å². The van der Waals surface area contributed by atoms with Gasteiger partial charge in [-0.3, -0.25) is 4.79 Å². The molecule has 0 aliphatic carbocycles. The number of halogens is 1. The lowest BCUT2D eigenvalue weighted by Crippen LogP contribution is -2.52. The van der Waals surface area contributed by atoms with E-state index in [2.05, 4.69) is 5.32 Å². The van der Waals surface area contributed by atoms with Crippen molar-refractivity contribution in [2.24, 2.45) is 0 Å². The molecule has 2 rings (SSSR count). The number of carbonyl (C=O) groups excluding carboxylic acids is 1. The Morgan fingerprint density at radius 3 is 2.67 bits per heavy atom. The molecule has 1 heterocycles. The summed E-state index contributed by atoms with van der Waals surface area (Å²) in [6, 6.07) is 9.06. The Kier molecular flexibility index (Phi) is 5.14. The van der Waals surface area contributed by atoms with Crippen LogP contribution in [0.5, 0.6) is 0 Å². The van der Waals surface area contributed by atoms with Crippen LogP contribution in [0.3, 0.4) is 0 Å². The molecule has 0 saturated carbocycles. The summed E-state index contributed by atoms with van der Waals surface area (Å²) in [5, 5.41) is 12.0. The van der Waals surface area contributed by atoms with E-state index in [4.69, 9.17) is 5.26 Å². The van der Waals surface area contributed by atoms with Crippen LogP contribution >= 0.6 is 12.4 Å². The van der Waals surface area contributed by atoms with Gasteiger partial charge in [-0.2, -0.15) is 5.26 Å². The lowest BCUT2D eigenvalue weighted by Gasteiger charge is -2.34. The summed E-state index contributed by atoms with van der Waals surface area (Å²) in [6.07, 6.45) is 0. The van der Waals surface area contributed by atoms with Crippen LogP contribution in [0.1, 0.15) is 22.8 Å². The molecule has 0 radical (unpaired) electrons. The minimum Gasteiger partial charge on any atom is -0.333 e. The zero-order valence-corrected chi connectivity index (χ0v) is 11.0. The lowest BCUT2D eigenvalue weighted by atomic mass is 10.1. The molecular formula is C13H16ClN3O. The smallest absolute Gasteiger partial charge is 0.254 e. The first-order valence-corrected chi connectivity index (χ1v) is 5.74. The van der Waals surface area contributed by atoms with Crippen LogP contribution in [0, 0.1) is 11.3 Å². The summed E-state index contributed by atoms with van der Waals surface area (Å²) in [4.78, 5) is 14.1. The number of nitrogens with one attached hydrogen (secondary N) is 1. The predicted molar refractivity (Wildman–Crippen MR) is 71.8 cm³/mol. The molecule has 1 atom stereocenters. The molecule has 1 aromatic rings. The van der Waals surface area contributed by atoms with Gasteiger partial charge in [-0.1, -0.05) is 0 Å². The molecule has 1 saturated heterocycles. The topological polar surface area (TPSA) is 56.1 Å². The van der Waals surface area contributed by atoms with Gasteiger partial charge in [0.05, 0.1) is 11.6 Å². The maximum absolute atomic E-state index is 12.2. The fourth-order valence-electron chi connectivity index (χ4n) is 2.00. The Labute approximate surface area is 113 Å². The van der Waals surface area contributed by atoms with Crippen LogP contribution in [-0.2, 0) is 0 Å². The van der Waals surface area contributed by atoms with Crippen molar-refractivity contribution in [3.8, 4) is 6.07 Å². The number of nitriles is 1. The highest BCUT2D eigenvalue weighted by Crippen LogP contribution is 2.11. The van der Waals surface area contributed by atoms with Gasteiger partial charge in [0, 0.05) is 31.2 Å². The average Bonchev–Trinajstić information content (AvgIpc) is 2.39. The molecular weight excluding hydrogens is 250 g/mol. The highest BCUT2D eigenvalue weighted by Gasteiger charge is 2.23. The van der Waals surface area contributed by atoms with Crippen molar-refractivity contribution in [3.05, 3.63) is 35.4 Å². The van der Waals surface area contributed by atoms with Gasteiger partial charge >= 0.3 is 0 Å². The van der Waals surface area contributed by atoms with Crippen molar-refractivity contribution in [2.75, 3.05) is 19.6 Å². The van der Waals surface area contributed by atoms with Gasteiger partial charge in [0.15, 0.2) is 0 Å². The van der Waals surface area contributed by atoms with E-state index in [-0.39, 0.29) is 24.4 Å². The van der Waals surface area contributed by atoms with E-state index in [0.717, 1.165) is 19.6 Å². The average molecular weight is 266 g/mol. The summed E-state index contributed by atoms with van der Waals surface area (Å²) in [5.74, 6) is 0.0449. The van der Waals surface area contributed by atoms with Crippen LogP contribution in [0.4, 0.5) is 0 Å². The fraction of sp³-hybridized carbons (Fsp3) is 0.385. The predicted octanol–water partition coefficient (Wildman–Crippen LogP) is 1.41. The normalized spacial score (nSPS) is 18.7. The number of rotatable bonds is 1. The second-order valence-electron chi connectivity index (χ2n) is 4.24. The van der Waals surface area contributed by atoms with Crippen LogP contribution < -0.4 is 5.32 Å². The van der Waals surface area contributed by atoms with Gasteiger partial charge in [0.2, 0.25) is 0 Å². The molecule has 4 nitrogen and oxygen atoms in total. The van der Waals surface area contributed by atoms with Crippen molar-refractivity contribution < 1.29 is 4.79 Å². The Morgan fingerprint density at radius 1 is 1.44 bits per heavy atom. The summed E-state index contributed by atoms with van der Waals surface area (Å²) >= 11 is 0. The maximum Gasteiger partial charge on any atom is 0.254 e. The molecule has 0 aromatic heterocycles. The van der Waals surface area contributed by atoms with E-state index < -0.39 is 0 Å². The SMILES string of the molecule is C[C@H]1CNCCN1C(=O)c1ccc(C#N)cc1.Cl. The third-order valence-corrected chi connectivity index (χ3v) is 3.02. The van der Waals surface area contributed by atoms with E-state index in [1.54, 1.807) is 24.3 Å². The summed E-state index contributed by atoms with van der Waals surface area (Å²) in [6.45, 7) is 4.45. The van der Waals surface area contributed by atoms with E-state index in [0.29, 0.717) is 11.1 Å². The molecule has 96 valence electrons. The zero-order chi connectivity index (χ0) is 12.3. The van der Waals surface area contributed by atoms with Crippen molar-refractivity contribution >= 4 is 18.3 Å². The highest BCUT2D eigenvalue weighted by molar-refractivity contribution is 5.94. The standard InChI is InChI=1S/C13H15N3O.ClH/c1-10-9-15-6-7-16(10)13(17)12-4-2-11(8-14)3-5-12;/h2-5,10,15H,6-7,9H2,1H3;1H/t10-;/m0./s1. The molecule has 1 aromatic carbocycles. The monoisotopic (exact) mass is 265 g/mol. The molecule has 0 bridgehead atoms. The number of benzene rings is 1. The van der Waals surface area contributed by atoms with Gasteiger partial charge in [-0.15, -0.1) is 12.4 Å². The van der Waals surface area contributed by atoms with Crippen LogP contribution in [-0.4, -0.2) is 36.5 Å². The van der Waals surface area contributed by atoms with E-state index in [1.165, 1.54) is 0 Å². The summed E-state index contributed by atoms with van der Waals surface area (Å²) < 4.78 is 0. The Morgan fingerprint density at radius 2 is 2.11 bits per heavy atom. The molecule has 1 N–H and O–H groups in total. The van der Waals surface area contributed by atoms with Gasteiger partial charge in [0.25, 0.3) is 5.91 Å². The third kappa shape index (κ3) is 3.00. The van der Waals surface area contributed by atoms with E-state index in [9.17, 15) is 4.79 Å². The Hall–Kier alpha value is -1.57. The van der Waals surface area contributed by atoms with Crippen molar-refractivity contribution in [2.45, 2.75) is 13.0 Å². The molecule has 18 heavy (non-hydrogen) atoms. The molecule has 1 amide bonds. The van der Waals surface area contributed by atoms with Gasteiger partial charge < -0.3 is 10.2 Å². The minimum atomic E-state index is 0. The van der Waals surface area contributed by atoms with Crippen molar-refractivity contribution in [1.29, 1.82) is 5.26 Å². The van der Waals surface area contributed by atoms with Crippen LogP contribution in [0.2, 0.25) is 0 Å². The van der Waals surface area contributed by atoms with Gasteiger partial charge in [-0.05, 0) is 31.2 Å². The Bertz CT molecular complexity index is 452. The molecule has 0 unspecified atom stereocenters. The number of hydrogen-bond donors (Lipinski definition) is 1. The van der Waals surface area contributed by atoms with Crippen molar-refractivity contribution in [3.63, 3.8) is 0 Å². The first-order chi connectivity index (χ1) is 8.22. The van der Waals surface area contributed by atoms with E-state index in [1.807, 2.05) is 17.9 Å². The number of nitrogens with zero attached hydrogens (tertiary/aromatic N) is 2. The quantitative estimate of drug-likeness (QED) is 0.835. The fourth-order valence-corrected chi connectivity index (χ4v) is 2.00. The molecule has 1 aliphatic heterocycles. The summed E-state index contributed by atoms with van der Waals surface area (Å²) in [5.41, 5.74) is 1.23. The minimum absolute atomic E-state index is 0. The van der Waals surface area contributed by atoms with Crippen molar-refractivity contribution in [1.82, 2.24) is 10.2 Å². The summed E-state index contributed by atoms with van der Waals surface area (Å²) in [7, 11) is 0. The van der Waals surface area contributed by atoms with E-state index >= 15 is 0 Å². The highest BCUT2D eigenvalue weighted by atomic mass is 35.5. The molecule has 0 spiro atoms. The molecule has 1 fully saturated rings. The largest absolute Gasteiger partial charge is 0.333 e. The van der Waals surface area contributed by atoms with Crippen LogP contribution in [0.25, 0.3) is 0 Å². The number of carbonyl (C=O) groups is 1. The lowest BCUT2D eigenvalue weighted by molar-refractivity contribution is 0.0656. The number of piperazine rings is 1. The molecule has 1 aliphatic rings. The number of amides is 1. The zero-order valence-electron chi connectivity index (χ0n) is 10.2. The Balaban J connectivity index is 0.00000162. The van der Waals surface area contributed by atoms with Crippen LogP contribution in [0.15, 0.2) is 24.3 Å². The second-order valence-corrected chi connectivity index (χ2v) is 4.24. The number of hydrogen-bond acceptors (Lipinski definition) is 3. The molecule has 5 heteroatoms. The second kappa shape index (κ2) is 6.39.